The van der Waals surface area contributed by atoms with Crippen molar-refractivity contribution in [1.82, 2.24) is 0 Å². The maximum atomic E-state index is 8.51. The molecule has 0 aliphatic carbocycles. The molecule has 0 aliphatic rings. The summed E-state index contributed by atoms with van der Waals surface area (Å²) in [6, 6.07) is 3.93. The third-order valence-corrected chi connectivity index (χ3v) is 3.51. The van der Waals surface area contributed by atoms with E-state index in [1.807, 2.05) is 12.1 Å². The van der Waals surface area contributed by atoms with Crippen molar-refractivity contribution in [2.45, 2.75) is 5.75 Å². The molecule has 4 heteroatoms. The molecule has 1 aromatic heterocycles. The quantitative estimate of drug-likeness (QED) is 0.768. The highest BCUT2D eigenvalue weighted by Gasteiger charge is 1.96. The van der Waals surface area contributed by atoms with E-state index < -0.39 is 0 Å². The highest BCUT2D eigenvalue weighted by molar-refractivity contribution is 7.98. The zero-order valence-electron chi connectivity index (χ0n) is 5.92. The van der Waals surface area contributed by atoms with Crippen LogP contribution in [0.2, 0.25) is 4.34 Å². The van der Waals surface area contributed by atoms with Gasteiger partial charge < -0.3 is 5.11 Å². The van der Waals surface area contributed by atoms with Gasteiger partial charge in [-0.25, -0.2) is 0 Å². The van der Waals surface area contributed by atoms with E-state index in [-0.39, 0.29) is 6.61 Å². The summed E-state index contributed by atoms with van der Waals surface area (Å²) < 4.78 is 0.838. The number of hydrogen-bond donors (Lipinski definition) is 1. The molecule has 0 spiro atoms. The first-order valence-corrected chi connectivity index (χ1v) is 5.60. The molecule has 0 amide bonds. The second-order valence-corrected chi connectivity index (χ2v) is 4.89. The Hall–Kier alpha value is 0.300. The standard InChI is InChI=1S/C7H9ClOS2/c8-7-2-1-6(11-7)5-10-4-3-9/h1-2,9H,3-5H2. The van der Waals surface area contributed by atoms with Gasteiger partial charge in [0.25, 0.3) is 0 Å². The van der Waals surface area contributed by atoms with Crippen LogP contribution in [0.15, 0.2) is 12.1 Å². The average Bonchev–Trinajstić information content (AvgIpc) is 2.37. The molecule has 62 valence electrons. The molecule has 11 heavy (non-hydrogen) atoms. The summed E-state index contributed by atoms with van der Waals surface area (Å²) >= 11 is 9.06. The number of thiophene rings is 1. The molecular formula is C7H9ClOS2. The van der Waals surface area contributed by atoms with Gasteiger partial charge >= 0.3 is 0 Å². The molecule has 0 saturated heterocycles. The second kappa shape index (κ2) is 5.04. The van der Waals surface area contributed by atoms with Crippen molar-refractivity contribution in [3.63, 3.8) is 0 Å². The van der Waals surface area contributed by atoms with E-state index in [1.165, 1.54) is 4.88 Å². The molecule has 0 radical (unpaired) electrons. The lowest BCUT2D eigenvalue weighted by molar-refractivity contribution is 0.322. The summed E-state index contributed by atoms with van der Waals surface area (Å²) in [6.07, 6.45) is 0. The van der Waals surface area contributed by atoms with Gasteiger partial charge in [0.05, 0.1) is 10.9 Å². The summed E-state index contributed by atoms with van der Waals surface area (Å²) in [5, 5.41) is 8.51. The highest BCUT2D eigenvalue weighted by atomic mass is 35.5. The van der Waals surface area contributed by atoms with Gasteiger partial charge in [0.2, 0.25) is 0 Å². The van der Waals surface area contributed by atoms with Gasteiger partial charge in [-0.2, -0.15) is 11.8 Å². The highest BCUT2D eigenvalue weighted by Crippen LogP contribution is 2.24. The van der Waals surface area contributed by atoms with E-state index in [2.05, 4.69) is 0 Å². The summed E-state index contributed by atoms with van der Waals surface area (Å²) in [7, 11) is 0. The predicted octanol–water partition coefficient (Wildman–Crippen LogP) is 2.63. The number of hydrogen-bond acceptors (Lipinski definition) is 3. The van der Waals surface area contributed by atoms with Crippen LogP contribution in [0.1, 0.15) is 4.88 Å². The maximum absolute atomic E-state index is 8.51. The molecule has 0 bridgehead atoms. The summed E-state index contributed by atoms with van der Waals surface area (Å²) in [5.41, 5.74) is 0. The summed E-state index contributed by atoms with van der Waals surface area (Å²) in [4.78, 5) is 1.27. The van der Waals surface area contributed by atoms with Crippen molar-refractivity contribution in [2.24, 2.45) is 0 Å². The zero-order chi connectivity index (χ0) is 8.10. The van der Waals surface area contributed by atoms with E-state index in [0.717, 1.165) is 15.8 Å². The summed E-state index contributed by atoms with van der Waals surface area (Å²) in [6.45, 7) is 0.254. The molecule has 1 rings (SSSR count). The largest absolute Gasteiger partial charge is 0.396 e. The SMILES string of the molecule is OCCSCc1ccc(Cl)s1. The van der Waals surface area contributed by atoms with Crippen LogP contribution >= 0.6 is 34.7 Å². The van der Waals surface area contributed by atoms with E-state index >= 15 is 0 Å². The molecule has 1 nitrogen and oxygen atoms in total. The average molecular weight is 209 g/mol. The van der Waals surface area contributed by atoms with Crippen molar-refractivity contribution >= 4 is 34.7 Å². The molecule has 1 heterocycles. The minimum Gasteiger partial charge on any atom is -0.396 e. The molecule has 0 fully saturated rings. The van der Waals surface area contributed by atoms with E-state index in [9.17, 15) is 0 Å². The third-order valence-electron chi connectivity index (χ3n) is 1.11. The monoisotopic (exact) mass is 208 g/mol. The van der Waals surface area contributed by atoms with Gasteiger partial charge in [0.1, 0.15) is 0 Å². The van der Waals surface area contributed by atoms with Crippen LogP contribution in [0.5, 0.6) is 0 Å². The van der Waals surface area contributed by atoms with Crippen molar-refractivity contribution in [2.75, 3.05) is 12.4 Å². The van der Waals surface area contributed by atoms with Crippen LogP contribution in [0, 0.1) is 0 Å². The van der Waals surface area contributed by atoms with E-state index in [4.69, 9.17) is 16.7 Å². The Kier molecular flexibility index (Phi) is 4.30. The van der Waals surface area contributed by atoms with Crippen LogP contribution in [0.3, 0.4) is 0 Å². The summed E-state index contributed by atoms with van der Waals surface area (Å²) in [5.74, 6) is 1.76. The Balaban J connectivity index is 2.27. The Morgan fingerprint density at radius 2 is 2.36 bits per heavy atom. The van der Waals surface area contributed by atoms with E-state index in [1.54, 1.807) is 23.1 Å². The lowest BCUT2D eigenvalue weighted by Crippen LogP contribution is -1.85. The first-order valence-electron chi connectivity index (χ1n) is 3.26. The van der Waals surface area contributed by atoms with Gasteiger partial charge in [-0.3, -0.25) is 0 Å². The number of aliphatic hydroxyl groups excluding tert-OH is 1. The fourth-order valence-electron chi connectivity index (χ4n) is 0.667. The number of halogens is 1. The van der Waals surface area contributed by atoms with Crippen LogP contribution in [0.25, 0.3) is 0 Å². The van der Waals surface area contributed by atoms with Crippen molar-refractivity contribution in [3.8, 4) is 0 Å². The number of rotatable bonds is 4. The smallest absolute Gasteiger partial charge is 0.0931 e. The molecule has 0 atom stereocenters. The second-order valence-electron chi connectivity index (χ2n) is 1.98. The van der Waals surface area contributed by atoms with Crippen molar-refractivity contribution in [3.05, 3.63) is 21.3 Å². The number of aliphatic hydroxyl groups is 1. The lowest BCUT2D eigenvalue weighted by Gasteiger charge is -1.93. The number of thioether (sulfide) groups is 1. The molecule has 0 saturated carbocycles. The zero-order valence-corrected chi connectivity index (χ0v) is 8.31. The Morgan fingerprint density at radius 1 is 1.55 bits per heavy atom. The van der Waals surface area contributed by atoms with Crippen molar-refractivity contribution in [1.29, 1.82) is 0 Å². The fourth-order valence-corrected chi connectivity index (χ4v) is 2.61. The van der Waals surface area contributed by atoms with Crippen LogP contribution in [-0.2, 0) is 5.75 Å². The van der Waals surface area contributed by atoms with Gasteiger partial charge in [0, 0.05) is 16.4 Å². The molecule has 0 aliphatic heterocycles. The first kappa shape index (κ1) is 9.39. The predicted molar refractivity (Wildman–Crippen MR) is 52.6 cm³/mol. The molecule has 0 aromatic carbocycles. The molecule has 1 N–H and O–H groups in total. The van der Waals surface area contributed by atoms with Gasteiger partial charge in [0.15, 0.2) is 0 Å². The van der Waals surface area contributed by atoms with Gasteiger partial charge in [-0.05, 0) is 12.1 Å². The molecular weight excluding hydrogens is 200 g/mol. The first-order chi connectivity index (χ1) is 5.33. The lowest BCUT2D eigenvalue weighted by atomic mass is 10.5. The Labute approximate surface area is 79.4 Å². The van der Waals surface area contributed by atoms with E-state index in [0.29, 0.717) is 0 Å². The molecule has 1 aromatic rings. The van der Waals surface area contributed by atoms with Crippen molar-refractivity contribution < 1.29 is 5.11 Å². The minimum atomic E-state index is 0.254. The van der Waals surface area contributed by atoms with Gasteiger partial charge in [-0.1, -0.05) is 11.6 Å². The molecule has 0 unspecified atom stereocenters. The topological polar surface area (TPSA) is 20.2 Å². The van der Waals surface area contributed by atoms with Crippen LogP contribution < -0.4 is 0 Å². The Morgan fingerprint density at radius 3 is 2.91 bits per heavy atom. The maximum Gasteiger partial charge on any atom is 0.0931 e. The Bertz CT molecular complexity index is 212. The van der Waals surface area contributed by atoms with Gasteiger partial charge in [-0.15, -0.1) is 11.3 Å². The fraction of sp³-hybridized carbons (Fsp3) is 0.429. The third kappa shape index (κ3) is 3.47. The normalized spacial score (nSPS) is 10.4. The van der Waals surface area contributed by atoms with Crippen LogP contribution in [-0.4, -0.2) is 17.5 Å². The minimum absolute atomic E-state index is 0.254. The van der Waals surface area contributed by atoms with Crippen LogP contribution in [0.4, 0.5) is 0 Å².